The molecule has 0 aliphatic heterocycles. The van der Waals surface area contributed by atoms with Crippen molar-refractivity contribution in [2.75, 3.05) is 0 Å². The van der Waals surface area contributed by atoms with Crippen molar-refractivity contribution in [2.24, 2.45) is 0 Å². The fourth-order valence-electron chi connectivity index (χ4n) is 10.3. The van der Waals surface area contributed by atoms with Crippen LogP contribution >= 0.6 is 0 Å². The molecule has 0 radical (unpaired) electrons. The van der Waals surface area contributed by atoms with Crippen LogP contribution in [-0.4, -0.2) is 19.5 Å². The first-order valence-electron chi connectivity index (χ1n) is 21.7. The fraction of sp³-hybridized carbons (Fsp3) is 0. The number of fused-ring (bicyclic) bond motifs is 14. The Kier molecular flexibility index (Phi) is 7.33. The number of benzene rings is 11. The molecule has 0 amide bonds. The van der Waals surface area contributed by atoms with Gasteiger partial charge in [-0.1, -0.05) is 158 Å². The van der Waals surface area contributed by atoms with Crippen LogP contribution in [0.1, 0.15) is 0 Å². The van der Waals surface area contributed by atoms with Crippen LogP contribution in [0.4, 0.5) is 0 Å². The van der Waals surface area contributed by atoms with E-state index < -0.39 is 0 Å². The van der Waals surface area contributed by atoms with Gasteiger partial charge in [-0.15, -0.1) is 0 Å². The van der Waals surface area contributed by atoms with Crippen LogP contribution in [0.15, 0.2) is 211 Å². The minimum absolute atomic E-state index is 0.591. The van der Waals surface area contributed by atoms with Crippen molar-refractivity contribution >= 4 is 97.6 Å². The van der Waals surface area contributed by atoms with Gasteiger partial charge < -0.3 is 8.98 Å². The van der Waals surface area contributed by atoms with Gasteiger partial charge in [0.05, 0.1) is 11.0 Å². The summed E-state index contributed by atoms with van der Waals surface area (Å²) in [6, 6.07) is 73.3. The van der Waals surface area contributed by atoms with Crippen molar-refractivity contribution in [3.8, 4) is 39.9 Å². The molecule has 5 nitrogen and oxygen atoms in total. The standard InChI is InChI=1S/C59H34N4O/c1-2-14-36(15-3-1)57-60-58(62-59(61-57)48-33-39-18-7-8-19-42(39)45-21-10-11-22-46(45)48)47-23-12-24-52-56(47)55-44-28-27-41(31-40(44)26-30-53(55)64-52)63-50-29-25-35-13-6-9-20-43(35)54(50)49-32-37-16-4-5-17-38(37)34-51(49)63/h1-34H. The molecule has 0 unspecified atom stereocenters. The van der Waals surface area contributed by atoms with E-state index in [-0.39, 0.29) is 0 Å². The molecule has 14 rings (SSSR count). The molecule has 3 heterocycles. The molecule has 0 fully saturated rings. The topological polar surface area (TPSA) is 56.7 Å². The molecule has 0 saturated carbocycles. The average molecular weight is 815 g/mol. The summed E-state index contributed by atoms with van der Waals surface area (Å²) in [6.45, 7) is 0. The third-order valence-corrected chi connectivity index (χ3v) is 13.2. The minimum atomic E-state index is 0.591. The van der Waals surface area contributed by atoms with Gasteiger partial charge in [0.25, 0.3) is 0 Å². The van der Waals surface area contributed by atoms with Gasteiger partial charge in [-0.3, -0.25) is 0 Å². The Hall–Kier alpha value is -8.67. The van der Waals surface area contributed by atoms with Crippen LogP contribution < -0.4 is 0 Å². The van der Waals surface area contributed by atoms with Gasteiger partial charge >= 0.3 is 0 Å². The Morgan fingerprint density at radius 3 is 1.78 bits per heavy atom. The molecule has 3 aromatic heterocycles. The van der Waals surface area contributed by atoms with Gasteiger partial charge in [0.1, 0.15) is 11.2 Å². The Bertz CT molecular complexity index is 4260. The molecular formula is C59H34N4O. The third-order valence-electron chi connectivity index (χ3n) is 13.2. The fourth-order valence-corrected chi connectivity index (χ4v) is 10.3. The summed E-state index contributed by atoms with van der Waals surface area (Å²) in [5.41, 5.74) is 7.83. The lowest BCUT2D eigenvalue weighted by molar-refractivity contribution is 0.669. The van der Waals surface area contributed by atoms with E-state index in [2.05, 4.69) is 180 Å². The van der Waals surface area contributed by atoms with E-state index in [1.165, 1.54) is 48.7 Å². The lowest BCUT2D eigenvalue weighted by Gasteiger charge is -2.13. The normalized spacial score (nSPS) is 12.1. The lowest BCUT2D eigenvalue weighted by Crippen LogP contribution is -2.01. The molecule has 0 saturated heterocycles. The smallest absolute Gasteiger partial charge is 0.164 e. The molecule has 0 spiro atoms. The quantitative estimate of drug-likeness (QED) is 0.166. The second kappa shape index (κ2) is 13.4. The highest BCUT2D eigenvalue weighted by Crippen LogP contribution is 2.43. The van der Waals surface area contributed by atoms with E-state index in [1.807, 2.05) is 30.3 Å². The molecule has 5 heteroatoms. The van der Waals surface area contributed by atoms with E-state index >= 15 is 0 Å². The zero-order valence-electron chi connectivity index (χ0n) is 34.3. The number of nitrogens with zero attached hydrogens (tertiary/aromatic N) is 4. The zero-order valence-corrected chi connectivity index (χ0v) is 34.3. The Morgan fingerprint density at radius 1 is 0.312 bits per heavy atom. The van der Waals surface area contributed by atoms with Crippen molar-refractivity contribution in [1.29, 1.82) is 0 Å². The Balaban J connectivity index is 1.01. The number of rotatable bonds is 4. The SMILES string of the molecule is c1ccc(-c2nc(-c3cc4ccccc4c4ccccc34)nc(-c3cccc4oc5ccc6cc(-n7c8cc9ccccc9cc8c8c9ccccc9ccc87)ccc6c5c34)n2)cc1. The minimum Gasteiger partial charge on any atom is -0.456 e. The summed E-state index contributed by atoms with van der Waals surface area (Å²) in [7, 11) is 0. The van der Waals surface area contributed by atoms with Crippen molar-refractivity contribution in [2.45, 2.75) is 0 Å². The summed E-state index contributed by atoms with van der Waals surface area (Å²) >= 11 is 0. The van der Waals surface area contributed by atoms with E-state index in [4.69, 9.17) is 19.4 Å². The van der Waals surface area contributed by atoms with E-state index in [9.17, 15) is 0 Å². The maximum Gasteiger partial charge on any atom is 0.164 e. The maximum absolute atomic E-state index is 6.68. The van der Waals surface area contributed by atoms with Crippen molar-refractivity contribution < 1.29 is 4.42 Å². The zero-order chi connectivity index (χ0) is 41.9. The lowest BCUT2D eigenvalue weighted by atomic mass is 9.96. The molecule has 64 heavy (non-hydrogen) atoms. The predicted octanol–water partition coefficient (Wildman–Crippen LogP) is 15.6. The van der Waals surface area contributed by atoms with Crippen molar-refractivity contribution in [1.82, 2.24) is 19.5 Å². The number of aromatic nitrogens is 4. The predicted molar refractivity (Wildman–Crippen MR) is 265 cm³/mol. The van der Waals surface area contributed by atoms with E-state index in [0.29, 0.717) is 17.5 Å². The Labute approximate surface area is 366 Å². The molecular weight excluding hydrogens is 781 g/mol. The third kappa shape index (κ3) is 5.15. The maximum atomic E-state index is 6.68. The van der Waals surface area contributed by atoms with E-state index in [1.54, 1.807) is 0 Å². The second-order valence-corrected chi connectivity index (χ2v) is 16.7. The van der Waals surface area contributed by atoms with Gasteiger partial charge in [0.2, 0.25) is 0 Å². The first kappa shape index (κ1) is 35.0. The monoisotopic (exact) mass is 814 g/mol. The highest BCUT2D eigenvalue weighted by molar-refractivity contribution is 6.25. The Morgan fingerprint density at radius 2 is 0.938 bits per heavy atom. The number of hydrogen-bond donors (Lipinski definition) is 0. The molecule has 0 aliphatic rings. The highest BCUT2D eigenvalue weighted by Gasteiger charge is 2.22. The summed E-state index contributed by atoms with van der Waals surface area (Å²) in [5.74, 6) is 1.83. The molecule has 0 bridgehead atoms. The van der Waals surface area contributed by atoms with Crippen LogP contribution in [0, 0.1) is 0 Å². The van der Waals surface area contributed by atoms with Gasteiger partial charge in [0.15, 0.2) is 17.5 Å². The van der Waals surface area contributed by atoms with Gasteiger partial charge in [-0.05, 0) is 102 Å². The first-order valence-corrected chi connectivity index (χ1v) is 21.7. The van der Waals surface area contributed by atoms with Crippen LogP contribution in [0.25, 0.3) is 137 Å². The molecule has 11 aromatic carbocycles. The summed E-state index contributed by atoms with van der Waals surface area (Å²) < 4.78 is 9.11. The summed E-state index contributed by atoms with van der Waals surface area (Å²) in [6.07, 6.45) is 0. The van der Waals surface area contributed by atoms with Crippen molar-refractivity contribution in [3.63, 3.8) is 0 Å². The molecule has 0 aliphatic carbocycles. The van der Waals surface area contributed by atoms with Crippen LogP contribution in [-0.2, 0) is 0 Å². The molecule has 296 valence electrons. The van der Waals surface area contributed by atoms with Crippen LogP contribution in [0.3, 0.4) is 0 Å². The van der Waals surface area contributed by atoms with E-state index in [0.717, 1.165) is 71.2 Å². The van der Waals surface area contributed by atoms with Crippen LogP contribution in [0.5, 0.6) is 0 Å². The summed E-state index contributed by atoms with van der Waals surface area (Å²) in [4.78, 5) is 15.8. The van der Waals surface area contributed by atoms with Crippen molar-refractivity contribution in [3.05, 3.63) is 206 Å². The number of furan rings is 1. The van der Waals surface area contributed by atoms with Gasteiger partial charge in [-0.2, -0.15) is 0 Å². The average Bonchev–Trinajstić information content (AvgIpc) is 3.91. The number of hydrogen-bond acceptors (Lipinski definition) is 4. The van der Waals surface area contributed by atoms with Gasteiger partial charge in [0, 0.05) is 43.9 Å². The molecule has 0 N–H and O–H groups in total. The summed E-state index contributed by atoms with van der Waals surface area (Å²) in [5, 5.41) is 16.3. The van der Waals surface area contributed by atoms with Crippen LogP contribution in [0.2, 0.25) is 0 Å². The molecule has 0 atom stereocenters. The highest BCUT2D eigenvalue weighted by atomic mass is 16.3. The van der Waals surface area contributed by atoms with Gasteiger partial charge in [-0.25, -0.2) is 15.0 Å². The largest absolute Gasteiger partial charge is 0.456 e. The molecule has 14 aromatic rings. The first-order chi connectivity index (χ1) is 31.7. The second-order valence-electron chi connectivity index (χ2n) is 16.7.